The van der Waals surface area contributed by atoms with Gasteiger partial charge in [0.05, 0.1) is 24.8 Å². The van der Waals surface area contributed by atoms with Crippen molar-refractivity contribution in [1.82, 2.24) is 10.6 Å². The monoisotopic (exact) mass is 334 g/mol. The summed E-state index contributed by atoms with van der Waals surface area (Å²) in [6, 6.07) is 6.30. The molecule has 1 aliphatic heterocycles. The zero-order valence-corrected chi connectivity index (χ0v) is 14.0. The molecule has 1 aromatic rings. The minimum absolute atomic E-state index is 0.145. The maximum atomic E-state index is 12.4. The van der Waals surface area contributed by atoms with E-state index in [0.717, 1.165) is 5.56 Å². The number of hydrogen-bond donors (Lipinski definition) is 2. The highest BCUT2D eigenvalue weighted by atomic mass is 16.6. The van der Waals surface area contributed by atoms with Crippen LogP contribution in [-0.4, -0.2) is 38.9 Å². The molecule has 1 heterocycles. The number of carbonyl (C=O) groups excluding carboxylic acids is 2. The highest BCUT2D eigenvalue weighted by Gasteiger charge is 2.32. The molecule has 0 radical (unpaired) electrons. The smallest absolute Gasteiger partial charge is 0.338 e. The highest BCUT2D eigenvalue weighted by molar-refractivity contribution is 5.95. The van der Waals surface area contributed by atoms with E-state index >= 15 is 0 Å². The molecule has 130 valence electrons. The number of ether oxygens (including phenoxy) is 3. The maximum absolute atomic E-state index is 12.4. The lowest BCUT2D eigenvalue weighted by atomic mass is 9.95. The van der Waals surface area contributed by atoms with E-state index in [0.29, 0.717) is 30.2 Å². The molecule has 0 aliphatic carbocycles. The molecule has 2 rings (SSSR count). The van der Waals surface area contributed by atoms with Gasteiger partial charge < -0.3 is 24.8 Å². The molecule has 0 saturated heterocycles. The zero-order valence-electron chi connectivity index (χ0n) is 14.0. The number of carbonyl (C=O) groups is 2. The molecule has 0 aromatic heterocycles. The number of benzene rings is 1. The average Bonchev–Trinajstić information content (AvgIpc) is 2.55. The Morgan fingerprint density at radius 1 is 1.29 bits per heavy atom. The number of esters is 1. The summed E-state index contributed by atoms with van der Waals surface area (Å²) in [7, 11) is 1.53. The van der Waals surface area contributed by atoms with E-state index in [1.807, 2.05) is 25.1 Å². The molecule has 1 unspecified atom stereocenters. The molecule has 0 saturated carbocycles. The lowest BCUT2D eigenvalue weighted by molar-refractivity contribution is -0.140. The molecule has 2 N–H and O–H groups in total. The second-order valence-corrected chi connectivity index (χ2v) is 5.20. The summed E-state index contributed by atoms with van der Waals surface area (Å²) in [5, 5.41) is 5.36. The van der Waals surface area contributed by atoms with Crippen LogP contribution in [-0.2, 0) is 14.3 Å². The lowest BCUT2D eigenvalue weighted by Gasteiger charge is -2.28. The molecule has 1 aliphatic rings. The van der Waals surface area contributed by atoms with Gasteiger partial charge in [-0.3, -0.25) is 0 Å². The summed E-state index contributed by atoms with van der Waals surface area (Å²) in [4.78, 5) is 24.3. The third-order valence-electron chi connectivity index (χ3n) is 3.51. The van der Waals surface area contributed by atoms with Crippen molar-refractivity contribution in [3.05, 3.63) is 41.1 Å². The second kappa shape index (κ2) is 8.35. The van der Waals surface area contributed by atoms with Crippen LogP contribution < -0.4 is 15.4 Å². The predicted octanol–water partition coefficient (Wildman–Crippen LogP) is 1.90. The van der Waals surface area contributed by atoms with Crippen molar-refractivity contribution in [1.29, 1.82) is 0 Å². The topological polar surface area (TPSA) is 85.9 Å². The first-order valence-corrected chi connectivity index (χ1v) is 7.74. The molecule has 0 bridgehead atoms. The molecule has 0 fully saturated rings. The Hall–Kier alpha value is -2.54. The first-order valence-electron chi connectivity index (χ1n) is 7.74. The number of nitrogens with one attached hydrogen (secondary N) is 2. The van der Waals surface area contributed by atoms with E-state index in [1.54, 1.807) is 13.0 Å². The fourth-order valence-electron chi connectivity index (χ4n) is 2.46. The van der Waals surface area contributed by atoms with E-state index < -0.39 is 12.0 Å². The molecular weight excluding hydrogens is 312 g/mol. The highest BCUT2D eigenvalue weighted by Crippen LogP contribution is 2.29. The Balaban J connectivity index is 2.30. The summed E-state index contributed by atoms with van der Waals surface area (Å²) in [5.41, 5.74) is 1.57. The van der Waals surface area contributed by atoms with Gasteiger partial charge >= 0.3 is 12.0 Å². The van der Waals surface area contributed by atoms with E-state index in [-0.39, 0.29) is 12.6 Å². The van der Waals surface area contributed by atoms with Crippen LogP contribution in [0, 0.1) is 0 Å². The molecular formula is C17H22N2O5. The molecule has 0 spiro atoms. The van der Waals surface area contributed by atoms with Gasteiger partial charge in [-0.15, -0.1) is 0 Å². The van der Waals surface area contributed by atoms with Crippen LogP contribution >= 0.6 is 0 Å². The van der Waals surface area contributed by atoms with Crippen LogP contribution in [0.2, 0.25) is 0 Å². The minimum Gasteiger partial charge on any atom is -0.494 e. The van der Waals surface area contributed by atoms with Gasteiger partial charge in [-0.05, 0) is 31.5 Å². The number of urea groups is 1. The SMILES string of the molecule is CCOc1cccc(C2NC(=O)NC(C)=C2C(=O)OCCOC)c1. The van der Waals surface area contributed by atoms with Crippen LogP contribution in [0.15, 0.2) is 35.5 Å². The lowest BCUT2D eigenvalue weighted by Crippen LogP contribution is -2.45. The summed E-state index contributed by atoms with van der Waals surface area (Å²) < 4.78 is 15.6. The first kappa shape index (κ1) is 17.8. The zero-order chi connectivity index (χ0) is 17.5. The number of amides is 2. The Bertz CT molecular complexity index is 642. The van der Waals surface area contributed by atoms with Crippen molar-refractivity contribution < 1.29 is 23.8 Å². The van der Waals surface area contributed by atoms with Crippen molar-refractivity contribution in [3.63, 3.8) is 0 Å². The van der Waals surface area contributed by atoms with Crippen molar-refractivity contribution in [3.8, 4) is 5.75 Å². The van der Waals surface area contributed by atoms with Gasteiger partial charge in [0.25, 0.3) is 0 Å². The standard InChI is InChI=1S/C17H22N2O5/c1-4-23-13-7-5-6-12(10-13)15-14(11(2)18-17(21)19-15)16(20)24-9-8-22-3/h5-7,10,15H,4,8-9H2,1-3H3,(H2,18,19,21). The number of rotatable bonds is 7. The van der Waals surface area contributed by atoms with Crippen LogP contribution in [0.1, 0.15) is 25.5 Å². The van der Waals surface area contributed by atoms with Gasteiger partial charge in [0.15, 0.2) is 0 Å². The molecule has 7 nitrogen and oxygen atoms in total. The van der Waals surface area contributed by atoms with Gasteiger partial charge in [-0.2, -0.15) is 0 Å². The van der Waals surface area contributed by atoms with Crippen molar-refractivity contribution in [2.45, 2.75) is 19.9 Å². The fraction of sp³-hybridized carbons (Fsp3) is 0.412. The minimum atomic E-state index is -0.603. The van der Waals surface area contributed by atoms with Gasteiger partial charge in [-0.25, -0.2) is 9.59 Å². The van der Waals surface area contributed by atoms with Gasteiger partial charge in [0, 0.05) is 12.8 Å². The quantitative estimate of drug-likeness (QED) is 0.587. The molecule has 1 aromatic carbocycles. The molecule has 1 atom stereocenters. The van der Waals surface area contributed by atoms with E-state index in [1.165, 1.54) is 7.11 Å². The Labute approximate surface area is 141 Å². The number of hydrogen-bond acceptors (Lipinski definition) is 5. The van der Waals surface area contributed by atoms with Crippen LogP contribution in [0.3, 0.4) is 0 Å². The first-order chi connectivity index (χ1) is 11.6. The fourth-order valence-corrected chi connectivity index (χ4v) is 2.46. The van der Waals surface area contributed by atoms with Crippen LogP contribution in [0.4, 0.5) is 4.79 Å². The molecule has 24 heavy (non-hydrogen) atoms. The van der Waals surface area contributed by atoms with Crippen molar-refractivity contribution in [2.24, 2.45) is 0 Å². The second-order valence-electron chi connectivity index (χ2n) is 5.20. The van der Waals surface area contributed by atoms with E-state index in [9.17, 15) is 9.59 Å². The maximum Gasteiger partial charge on any atom is 0.338 e. The molecule has 2 amide bonds. The van der Waals surface area contributed by atoms with Gasteiger partial charge in [0.1, 0.15) is 12.4 Å². The Kier molecular flexibility index (Phi) is 6.20. The summed E-state index contributed by atoms with van der Waals surface area (Å²) in [6.07, 6.45) is 0. The normalized spacial score (nSPS) is 17.1. The largest absolute Gasteiger partial charge is 0.494 e. The predicted molar refractivity (Wildman–Crippen MR) is 87.6 cm³/mol. The third kappa shape index (κ3) is 4.26. The number of methoxy groups -OCH3 is 1. The van der Waals surface area contributed by atoms with Crippen LogP contribution in [0.25, 0.3) is 0 Å². The van der Waals surface area contributed by atoms with E-state index in [2.05, 4.69) is 10.6 Å². The Morgan fingerprint density at radius 2 is 2.08 bits per heavy atom. The summed E-state index contributed by atoms with van der Waals surface area (Å²) in [6.45, 7) is 4.55. The third-order valence-corrected chi connectivity index (χ3v) is 3.51. The molecule has 7 heteroatoms. The summed E-state index contributed by atoms with van der Waals surface area (Å²) in [5.74, 6) is 0.177. The summed E-state index contributed by atoms with van der Waals surface area (Å²) >= 11 is 0. The number of allylic oxidation sites excluding steroid dienone is 1. The Morgan fingerprint density at radius 3 is 2.79 bits per heavy atom. The van der Waals surface area contributed by atoms with Crippen LogP contribution in [0.5, 0.6) is 5.75 Å². The average molecular weight is 334 g/mol. The van der Waals surface area contributed by atoms with E-state index in [4.69, 9.17) is 14.2 Å². The van der Waals surface area contributed by atoms with Crippen molar-refractivity contribution >= 4 is 12.0 Å². The van der Waals surface area contributed by atoms with Crippen molar-refractivity contribution in [2.75, 3.05) is 26.9 Å². The van der Waals surface area contributed by atoms with Gasteiger partial charge in [0.2, 0.25) is 0 Å². The van der Waals surface area contributed by atoms with Gasteiger partial charge in [-0.1, -0.05) is 12.1 Å².